The third-order valence-electron chi connectivity index (χ3n) is 4.22. The van der Waals surface area contributed by atoms with Crippen molar-refractivity contribution in [2.75, 3.05) is 17.5 Å². The molecule has 0 aliphatic carbocycles. The number of aryl methyl sites for hydroxylation is 1. The minimum atomic E-state index is -2.22. The Morgan fingerprint density at radius 3 is 1.70 bits per heavy atom. The Kier molecular flexibility index (Phi) is 7.05. The monoisotopic (exact) mass is 427 g/mol. The number of carboxylic acid groups (broad SMARTS) is 1. The van der Waals surface area contributed by atoms with Gasteiger partial charge in [0.1, 0.15) is 24.7 Å². The van der Waals surface area contributed by atoms with Crippen LogP contribution in [0, 0.1) is 6.92 Å². The number of rotatable bonds is 9. The van der Waals surface area contributed by atoms with Gasteiger partial charge in [0.15, 0.2) is 0 Å². The molecule has 0 heterocycles. The van der Waals surface area contributed by atoms with Gasteiger partial charge in [-0.25, -0.2) is 13.3 Å². The highest BCUT2D eigenvalue weighted by molar-refractivity contribution is 7.81. The minimum absolute atomic E-state index is 0.196. The van der Waals surface area contributed by atoms with Crippen molar-refractivity contribution in [3.8, 4) is 11.5 Å². The molecule has 3 aromatic carbocycles. The van der Waals surface area contributed by atoms with E-state index < -0.39 is 17.2 Å². The lowest BCUT2D eigenvalue weighted by molar-refractivity contribution is 0.0697. The number of hydrogen-bond acceptors (Lipinski definition) is 4. The molecule has 0 fully saturated rings. The Hall–Kier alpha value is -3.36. The van der Waals surface area contributed by atoms with Gasteiger partial charge in [-0.3, -0.25) is 4.55 Å². The first-order valence-corrected chi connectivity index (χ1v) is 10.2. The van der Waals surface area contributed by atoms with Crippen LogP contribution in [0.4, 0.5) is 11.4 Å². The highest BCUT2D eigenvalue weighted by Crippen LogP contribution is 2.28. The number of carbonyl (C=O) groups is 1. The second kappa shape index (κ2) is 9.91. The molecule has 0 amide bonds. The van der Waals surface area contributed by atoms with Crippen LogP contribution in [0.3, 0.4) is 0 Å². The molecule has 0 radical (unpaired) electrons. The van der Waals surface area contributed by atoms with Gasteiger partial charge in [0, 0.05) is 0 Å². The van der Waals surface area contributed by atoms with Crippen molar-refractivity contribution >= 4 is 28.6 Å². The molecule has 0 aromatic heterocycles. The van der Waals surface area contributed by atoms with E-state index in [1.165, 1.54) is 16.4 Å². The maximum atomic E-state index is 11.8. The molecule has 0 bridgehead atoms. The van der Waals surface area contributed by atoms with Crippen LogP contribution in [0.5, 0.6) is 11.5 Å². The predicted octanol–water partition coefficient (Wildman–Crippen LogP) is 4.43. The Labute approximate surface area is 176 Å². The van der Waals surface area contributed by atoms with E-state index in [-0.39, 0.29) is 18.8 Å². The van der Waals surface area contributed by atoms with Crippen LogP contribution in [0.15, 0.2) is 72.8 Å². The number of anilines is 2. The first kappa shape index (κ1) is 21.4. The highest BCUT2D eigenvalue weighted by Gasteiger charge is 2.15. The molecular formula is C22H21NO6S. The van der Waals surface area contributed by atoms with E-state index in [1.54, 1.807) is 48.5 Å². The number of aromatic carboxylic acids is 1. The Morgan fingerprint density at radius 1 is 0.833 bits per heavy atom. The van der Waals surface area contributed by atoms with Crippen molar-refractivity contribution in [2.24, 2.45) is 0 Å². The van der Waals surface area contributed by atoms with Gasteiger partial charge in [0.25, 0.3) is 11.3 Å². The van der Waals surface area contributed by atoms with Crippen LogP contribution in [0.2, 0.25) is 0 Å². The van der Waals surface area contributed by atoms with Crippen molar-refractivity contribution < 1.29 is 28.1 Å². The summed E-state index contributed by atoms with van der Waals surface area (Å²) >= 11 is -2.22. The summed E-state index contributed by atoms with van der Waals surface area (Å²) in [6, 6.07) is 20.3. The zero-order valence-corrected chi connectivity index (χ0v) is 17.0. The number of nitrogens with zero attached hydrogens (tertiary/aromatic N) is 1. The standard InChI is InChI=1S/C22H21NO6S/c1-16-2-6-18(7-3-16)23(30(26)27)19-8-12-21(13-9-19)29-15-14-28-20-10-4-17(5-11-20)22(24)25/h2-13H,14-15H2,1H3,(H,24,25)(H,26,27). The molecule has 7 nitrogen and oxygen atoms in total. The first-order valence-electron chi connectivity index (χ1n) is 9.11. The van der Waals surface area contributed by atoms with Crippen LogP contribution >= 0.6 is 0 Å². The predicted molar refractivity (Wildman–Crippen MR) is 115 cm³/mol. The average Bonchev–Trinajstić information content (AvgIpc) is 2.74. The smallest absolute Gasteiger partial charge is 0.335 e. The Balaban J connectivity index is 1.55. The topological polar surface area (TPSA) is 96.3 Å². The second-order valence-corrected chi connectivity index (χ2v) is 7.21. The molecule has 0 spiro atoms. The molecular weight excluding hydrogens is 406 g/mol. The zero-order valence-electron chi connectivity index (χ0n) is 16.2. The largest absolute Gasteiger partial charge is 0.490 e. The molecule has 0 saturated heterocycles. The maximum Gasteiger partial charge on any atom is 0.335 e. The lowest BCUT2D eigenvalue weighted by Crippen LogP contribution is -2.19. The third-order valence-corrected chi connectivity index (χ3v) is 4.95. The third kappa shape index (κ3) is 5.59. The van der Waals surface area contributed by atoms with Crippen LogP contribution in [0.25, 0.3) is 0 Å². The Morgan fingerprint density at radius 2 is 1.27 bits per heavy atom. The van der Waals surface area contributed by atoms with Crippen molar-refractivity contribution in [2.45, 2.75) is 6.92 Å². The van der Waals surface area contributed by atoms with E-state index in [0.717, 1.165) is 5.56 Å². The second-order valence-electron chi connectivity index (χ2n) is 6.38. The molecule has 30 heavy (non-hydrogen) atoms. The fraction of sp³-hybridized carbons (Fsp3) is 0.136. The highest BCUT2D eigenvalue weighted by atomic mass is 32.2. The lowest BCUT2D eigenvalue weighted by Gasteiger charge is -2.20. The van der Waals surface area contributed by atoms with Crippen molar-refractivity contribution in [1.29, 1.82) is 0 Å². The summed E-state index contributed by atoms with van der Waals surface area (Å²) < 4.78 is 34.0. The molecule has 0 aliphatic rings. The van der Waals surface area contributed by atoms with Gasteiger partial charge in [-0.1, -0.05) is 17.7 Å². The summed E-state index contributed by atoms with van der Waals surface area (Å²) in [7, 11) is 0. The van der Waals surface area contributed by atoms with E-state index in [0.29, 0.717) is 22.9 Å². The fourth-order valence-electron chi connectivity index (χ4n) is 2.70. The molecule has 0 aliphatic heterocycles. The van der Waals surface area contributed by atoms with E-state index in [1.807, 2.05) is 19.1 Å². The van der Waals surface area contributed by atoms with E-state index in [4.69, 9.17) is 14.6 Å². The van der Waals surface area contributed by atoms with Crippen LogP contribution in [-0.4, -0.2) is 33.1 Å². The molecule has 1 unspecified atom stereocenters. The number of hydrogen-bond donors (Lipinski definition) is 2. The molecule has 156 valence electrons. The van der Waals surface area contributed by atoms with Crippen LogP contribution < -0.4 is 13.8 Å². The van der Waals surface area contributed by atoms with Crippen molar-refractivity contribution in [3.63, 3.8) is 0 Å². The number of ether oxygens (including phenoxy) is 2. The molecule has 3 rings (SSSR count). The van der Waals surface area contributed by atoms with Gasteiger partial charge in [0.05, 0.1) is 16.9 Å². The van der Waals surface area contributed by atoms with Gasteiger partial charge >= 0.3 is 5.97 Å². The SMILES string of the molecule is Cc1ccc(N(c2ccc(OCCOc3ccc(C(=O)O)cc3)cc2)S(=O)O)cc1. The summed E-state index contributed by atoms with van der Waals surface area (Å²) in [5.41, 5.74) is 2.42. The van der Waals surface area contributed by atoms with Gasteiger partial charge < -0.3 is 14.6 Å². The van der Waals surface area contributed by atoms with Gasteiger partial charge in [0.2, 0.25) is 0 Å². The van der Waals surface area contributed by atoms with Gasteiger partial charge in [-0.2, -0.15) is 0 Å². The van der Waals surface area contributed by atoms with Gasteiger partial charge in [-0.05, 0) is 67.6 Å². The summed E-state index contributed by atoms with van der Waals surface area (Å²) in [5.74, 6) is 0.161. The number of carboxylic acids is 1. The lowest BCUT2D eigenvalue weighted by atomic mass is 10.2. The zero-order chi connectivity index (χ0) is 21.5. The van der Waals surface area contributed by atoms with Gasteiger partial charge in [-0.15, -0.1) is 0 Å². The summed E-state index contributed by atoms with van der Waals surface area (Å²) in [5, 5.41) is 8.88. The number of benzene rings is 3. The first-order chi connectivity index (χ1) is 14.4. The summed E-state index contributed by atoms with van der Waals surface area (Å²) in [6.07, 6.45) is 0. The van der Waals surface area contributed by atoms with Crippen molar-refractivity contribution in [1.82, 2.24) is 0 Å². The van der Waals surface area contributed by atoms with Crippen LogP contribution in [0.1, 0.15) is 15.9 Å². The summed E-state index contributed by atoms with van der Waals surface area (Å²) in [4.78, 5) is 10.8. The van der Waals surface area contributed by atoms with Crippen molar-refractivity contribution in [3.05, 3.63) is 83.9 Å². The van der Waals surface area contributed by atoms with E-state index >= 15 is 0 Å². The molecule has 8 heteroatoms. The fourth-order valence-corrected chi connectivity index (χ4v) is 3.30. The van der Waals surface area contributed by atoms with Crippen LogP contribution in [-0.2, 0) is 11.3 Å². The quantitative estimate of drug-likeness (QED) is 0.387. The molecule has 2 N–H and O–H groups in total. The summed E-state index contributed by atoms with van der Waals surface area (Å²) in [6.45, 7) is 2.52. The molecule has 0 saturated carbocycles. The molecule has 1 atom stereocenters. The normalized spacial score (nSPS) is 11.5. The average molecular weight is 427 g/mol. The molecule has 3 aromatic rings. The Bertz CT molecular complexity index is 1000. The van der Waals surface area contributed by atoms with E-state index in [2.05, 4.69) is 0 Å². The minimum Gasteiger partial charge on any atom is -0.490 e. The maximum absolute atomic E-state index is 11.8. The van der Waals surface area contributed by atoms with E-state index in [9.17, 15) is 13.6 Å².